The van der Waals surface area contributed by atoms with E-state index in [-0.39, 0.29) is 6.42 Å². The van der Waals surface area contributed by atoms with Crippen LogP contribution in [0, 0.1) is 13.8 Å². The van der Waals surface area contributed by atoms with E-state index in [2.05, 4.69) is 30.7 Å². The van der Waals surface area contributed by atoms with E-state index in [1.807, 2.05) is 6.92 Å². The normalized spacial score (nSPS) is 11.4. The van der Waals surface area contributed by atoms with Crippen molar-refractivity contribution in [1.82, 2.24) is 9.88 Å². The Hall–Kier alpha value is -0.940. The third kappa shape index (κ3) is 4.74. The van der Waals surface area contributed by atoms with E-state index >= 15 is 0 Å². The van der Waals surface area contributed by atoms with Crippen molar-refractivity contribution in [3.05, 3.63) is 15.6 Å². The third-order valence-electron chi connectivity index (χ3n) is 2.98. The summed E-state index contributed by atoms with van der Waals surface area (Å²) in [5.41, 5.74) is 1.10. The van der Waals surface area contributed by atoms with Crippen molar-refractivity contribution in [2.24, 2.45) is 0 Å². The Bertz CT molecular complexity index is 382. The SMILES string of the molecule is Cc1nc(CN(CCCC(=O)O)C(C)C)sc1C. The summed E-state index contributed by atoms with van der Waals surface area (Å²) >= 11 is 1.73. The zero-order chi connectivity index (χ0) is 13.7. The molecule has 0 aliphatic carbocycles. The van der Waals surface area contributed by atoms with Gasteiger partial charge >= 0.3 is 5.97 Å². The fourth-order valence-electron chi connectivity index (χ4n) is 1.73. The minimum Gasteiger partial charge on any atom is -0.481 e. The molecule has 0 aliphatic rings. The third-order valence-corrected chi connectivity index (χ3v) is 4.04. The highest BCUT2D eigenvalue weighted by Crippen LogP contribution is 2.19. The summed E-state index contributed by atoms with van der Waals surface area (Å²) in [6.07, 6.45) is 0.927. The van der Waals surface area contributed by atoms with Gasteiger partial charge in [-0.15, -0.1) is 11.3 Å². The number of carbonyl (C=O) groups is 1. The number of carboxylic acids is 1. The average Bonchev–Trinajstić information content (AvgIpc) is 2.56. The van der Waals surface area contributed by atoms with Gasteiger partial charge in [-0.3, -0.25) is 9.69 Å². The highest BCUT2D eigenvalue weighted by atomic mass is 32.1. The Labute approximate surface area is 113 Å². The maximum Gasteiger partial charge on any atom is 0.303 e. The first-order chi connectivity index (χ1) is 8.40. The standard InChI is InChI=1S/C13H22N2O2S/c1-9(2)15(7-5-6-13(16)17)8-12-14-10(3)11(4)18-12/h9H,5-8H2,1-4H3,(H,16,17). The molecule has 0 aliphatic heterocycles. The molecule has 0 spiro atoms. The molecule has 1 rings (SSSR count). The fourth-order valence-corrected chi connectivity index (χ4v) is 2.69. The van der Waals surface area contributed by atoms with Crippen LogP contribution in [0.25, 0.3) is 0 Å². The quantitative estimate of drug-likeness (QED) is 0.827. The van der Waals surface area contributed by atoms with Crippen LogP contribution >= 0.6 is 11.3 Å². The van der Waals surface area contributed by atoms with Gasteiger partial charge in [-0.25, -0.2) is 4.98 Å². The van der Waals surface area contributed by atoms with Crippen LogP contribution in [0.1, 0.15) is 42.3 Å². The van der Waals surface area contributed by atoms with Crippen molar-refractivity contribution in [3.8, 4) is 0 Å². The van der Waals surface area contributed by atoms with Crippen LogP contribution < -0.4 is 0 Å². The van der Waals surface area contributed by atoms with Crippen molar-refractivity contribution in [1.29, 1.82) is 0 Å². The van der Waals surface area contributed by atoms with Gasteiger partial charge in [-0.1, -0.05) is 0 Å². The first-order valence-corrected chi connectivity index (χ1v) is 7.10. The number of aromatic nitrogens is 1. The smallest absolute Gasteiger partial charge is 0.303 e. The molecular weight excluding hydrogens is 248 g/mol. The van der Waals surface area contributed by atoms with Crippen molar-refractivity contribution in [3.63, 3.8) is 0 Å². The molecule has 102 valence electrons. The lowest BCUT2D eigenvalue weighted by Gasteiger charge is -2.25. The van der Waals surface area contributed by atoms with E-state index in [0.29, 0.717) is 12.5 Å². The van der Waals surface area contributed by atoms with Gasteiger partial charge in [0.15, 0.2) is 0 Å². The lowest BCUT2D eigenvalue weighted by molar-refractivity contribution is -0.137. The molecule has 0 atom stereocenters. The van der Waals surface area contributed by atoms with Crippen molar-refractivity contribution in [2.75, 3.05) is 6.54 Å². The van der Waals surface area contributed by atoms with Crippen LogP contribution in [-0.4, -0.2) is 33.5 Å². The van der Waals surface area contributed by atoms with Gasteiger partial charge < -0.3 is 5.11 Å². The number of nitrogens with zero attached hydrogens (tertiary/aromatic N) is 2. The van der Waals surface area contributed by atoms with E-state index in [0.717, 1.165) is 23.8 Å². The van der Waals surface area contributed by atoms with Crippen LogP contribution in [0.3, 0.4) is 0 Å². The summed E-state index contributed by atoms with van der Waals surface area (Å²) in [5, 5.41) is 9.79. The second-order valence-corrected chi connectivity index (χ2v) is 6.10. The van der Waals surface area contributed by atoms with Gasteiger partial charge in [-0.2, -0.15) is 0 Å². The Morgan fingerprint density at radius 1 is 1.44 bits per heavy atom. The maximum atomic E-state index is 10.5. The van der Waals surface area contributed by atoms with Crippen LogP contribution in [0.5, 0.6) is 0 Å². The summed E-state index contributed by atoms with van der Waals surface area (Å²) < 4.78 is 0. The summed E-state index contributed by atoms with van der Waals surface area (Å²) in [6, 6.07) is 0.406. The first kappa shape index (κ1) is 15.1. The number of rotatable bonds is 7. The number of aliphatic carboxylic acids is 1. The first-order valence-electron chi connectivity index (χ1n) is 6.29. The highest BCUT2D eigenvalue weighted by Gasteiger charge is 2.13. The van der Waals surface area contributed by atoms with Gasteiger partial charge in [0.05, 0.1) is 12.2 Å². The van der Waals surface area contributed by atoms with E-state index in [1.165, 1.54) is 4.88 Å². The summed E-state index contributed by atoms with van der Waals surface area (Å²) in [7, 11) is 0. The van der Waals surface area contributed by atoms with Crippen LogP contribution in [-0.2, 0) is 11.3 Å². The predicted molar refractivity (Wildman–Crippen MR) is 74.0 cm³/mol. The monoisotopic (exact) mass is 270 g/mol. The minimum atomic E-state index is -0.723. The Morgan fingerprint density at radius 2 is 2.11 bits per heavy atom. The molecule has 1 heterocycles. The van der Waals surface area contributed by atoms with Crippen molar-refractivity contribution >= 4 is 17.3 Å². The van der Waals surface area contributed by atoms with Gasteiger partial charge in [0.2, 0.25) is 0 Å². The van der Waals surface area contributed by atoms with Gasteiger partial charge in [0.1, 0.15) is 5.01 Å². The van der Waals surface area contributed by atoms with Crippen molar-refractivity contribution < 1.29 is 9.90 Å². The largest absolute Gasteiger partial charge is 0.481 e. The second kappa shape index (κ2) is 6.85. The zero-order valence-corrected chi connectivity index (χ0v) is 12.4. The molecular formula is C13H22N2O2S. The van der Waals surface area contributed by atoms with Gasteiger partial charge in [0.25, 0.3) is 0 Å². The number of hydrogen-bond acceptors (Lipinski definition) is 4. The second-order valence-electron chi connectivity index (χ2n) is 4.81. The molecule has 0 bridgehead atoms. The number of carboxylic acid groups (broad SMARTS) is 1. The predicted octanol–water partition coefficient (Wildman–Crippen LogP) is 2.84. The molecule has 0 radical (unpaired) electrons. The molecule has 5 heteroatoms. The van der Waals surface area contributed by atoms with E-state index in [4.69, 9.17) is 5.11 Å². The highest BCUT2D eigenvalue weighted by molar-refractivity contribution is 7.11. The molecule has 1 aromatic rings. The Morgan fingerprint density at radius 3 is 2.56 bits per heavy atom. The van der Waals surface area contributed by atoms with E-state index < -0.39 is 5.97 Å². The lowest BCUT2D eigenvalue weighted by Crippen LogP contribution is -2.31. The zero-order valence-electron chi connectivity index (χ0n) is 11.6. The van der Waals surface area contributed by atoms with Crippen LogP contribution in [0.15, 0.2) is 0 Å². The molecule has 1 N–H and O–H groups in total. The van der Waals surface area contributed by atoms with Crippen LogP contribution in [0.2, 0.25) is 0 Å². The fraction of sp³-hybridized carbons (Fsp3) is 0.692. The number of aryl methyl sites for hydroxylation is 2. The van der Waals surface area contributed by atoms with E-state index in [9.17, 15) is 4.79 Å². The average molecular weight is 270 g/mol. The van der Waals surface area contributed by atoms with Crippen LogP contribution in [0.4, 0.5) is 0 Å². The van der Waals surface area contributed by atoms with Gasteiger partial charge in [0, 0.05) is 17.3 Å². The maximum absolute atomic E-state index is 10.5. The minimum absolute atomic E-state index is 0.235. The molecule has 0 unspecified atom stereocenters. The summed E-state index contributed by atoms with van der Waals surface area (Å²) in [4.78, 5) is 18.6. The lowest BCUT2D eigenvalue weighted by atomic mass is 10.2. The molecule has 0 aromatic carbocycles. The topological polar surface area (TPSA) is 53.4 Å². The molecule has 0 saturated heterocycles. The molecule has 18 heavy (non-hydrogen) atoms. The van der Waals surface area contributed by atoms with Crippen molar-refractivity contribution in [2.45, 2.75) is 53.1 Å². The number of thiazole rings is 1. The molecule has 0 fully saturated rings. The number of hydrogen-bond donors (Lipinski definition) is 1. The molecule has 0 saturated carbocycles. The molecule has 4 nitrogen and oxygen atoms in total. The summed E-state index contributed by atoms with van der Waals surface area (Å²) in [5.74, 6) is -0.723. The molecule has 1 aromatic heterocycles. The summed E-state index contributed by atoms with van der Waals surface area (Å²) in [6.45, 7) is 10.0. The Balaban J connectivity index is 2.54. The van der Waals surface area contributed by atoms with Gasteiger partial charge in [-0.05, 0) is 40.7 Å². The Kier molecular flexibility index (Phi) is 5.75. The molecule has 0 amide bonds. The van der Waals surface area contributed by atoms with E-state index in [1.54, 1.807) is 11.3 Å².